The number of rotatable bonds is 0. The van der Waals surface area contributed by atoms with Gasteiger partial charge >= 0.3 is 0 Å². The molecule has 1 aliphatic rings. The van der Waals surface area contributed by atoms with E-state index < -0.39 is 0 Å². The highest BCUT2D eigenvalue weighted by Crippen LogP contribution is 2.29. The number of nitrogens with two attached hydrogens (primary N) is 1. The van der Waals surface area contributed by atoms with Gasteiger partial charge in [-0.05, 0) is 24.5 Å². The molecule has 0 saturated carbocycles. The van der Waals surface area contributed by atoms with E-state index in [-0.39, 0.29) is 0 Å². The van der Waals surface area contributed by atoms with Gasteiger partial charge in [0.1, 0.15) is 0 Å². The highest BCUT2D eigenvalue weighted by molar-refractivity contribution is 7.80. The zero-order chi connectivity index (χ0) is 8.55. The molecule has 0 heterocycles. The van der Waals surface area contributed by atoms with E-state index in [1.54, 1.807) is 0 Å². The molecule has 62 valence electrons. The van der Waals surface area contributed by atoms with Crippen molar-refractivity contribution in [1.29, 1.82) is 0 Å². The summed E-state index contributed by atoms with van der Waals surface area (Å²) in [5, 5.41) is 0. The average Bonchev–Trinajstić information content (AvgIpc) is 2.12. The van der Waals surface area contributed by atoms with E-state index in [0.717, 1.165) is 29.0 Å². The van der Waals surface area contributed by atoms with Crippen molar-refractivity contribution in [1.82, 2.24) is 0 Å². The molecule has 0 spiro atoms. The SMILES string of the molecule is Nc1c(S)ccc2c1C=CCC2. The zero-order valence-electron chi connectivity index (χ0n) is 6.75. The second kappa shape index (κ2) is 2.87. The number of thiol groups is 1. The largest absolute Gasteiger partial charge is 0.397 e. The maximum absolute atomic E-state index is 5.88. The summed E-state index contributed by atoms with van der Waals surface area (Å²) in [5.41, 5.74) is 9.19. The van der Waals surface area contributed by atoms with Gasteiger partial charge in [0.25, 0.3) is 0 Å². The summed E-state index contributed by atoms with van der Waals surface area (Å²) in [5.74, 6) is 0. The first-order valence-electron chi connectivity index (χ1n) is 4.06. The van der Waals surface area contributed by atoms with Crippen LogP contribution in [0.25, 0.3) is 6.08 Å². The minimum atomic E-state index is 0.812. The molecule has 1 nitrogen and oxygen atoms in total. The Morgan fingerprint density at radius 2 is 2.17 bits per heavy atom. The molecule has 0 bridgehead atoms. The molecule has 1 aromatic rings. The van der Waals surface area contributed by atoms with Crippen LogP contribution in [0.1, 0.15) is 17.5 Å². The molecular formula is C10H11NS. The number of aryl methyl sites for hydroxylation is 1. The highest BCUT2D eigenvalue weighted by Gasteiger charge is 2.08. The van der Waals surface area contributed by atoms with E-state index in [9.17, 15) is 0 Å². The quantitative estimate of drug-likeness (QED) is 0.462. The monoisotopic (exact) mass is 177 g/mol. The molecule has 0 fully saturated rings. The second-order valence-electron chi connectivity index (χ2n) is 3.01. The molecule has 2 rings (SSSR count). The van der Waals surface area contributed by atoms with Gasteiger partial charge in [-0.3, -0.25) is 0 Å². The smallest absolute Gasteiger partial charge is 0.0525 e. The van der Waals surface area contributed by atoms with Gasteiger partial charge in [0.2, 0.25) is 0 Å². The summed E-state index contributed by atoms with van der Waals surface area (Å²) in [6.07, 6.45) is 6.47. The first kappa shape index (κ1) is 7.74. The number of allylic oxidation sites excluding steroid dienone is 1. The van der Waals surface area contributed by atoms with Crippen molar-refractivity contribution in [3.63, 3.8) is 0 Å². The third-order valence-electron chi connectivity index (χ3n) is 2.22. The van der Waals surface area contributed by atoms with E-state index in [2.05, 4.69) is 30.8 Å². The Morgan fingerprint density at radius 1 is 1.33 bits per heavy atom. The minimum absolute atomic E-state index is 0.812. The molecule has 0 unspecified atom stereocenters. The molecule has 2 N–H and O–H groups in total. The van der Waals surface area contributed by atoms with Gasteiger partial charge in [0.05, 0.1) is 5.69 Å². The normalized spacial score (nSPS) is 14.4. The van der Waals surface area contributed by atoms with Crippen LogP contribution in [-0.2, 0) is 6.42 Å². The maximum atomic E-state index is 5.88. The first-order chi connectivity index (χ1) is 5.79. The summed E-state index contributed by atoms with van der Waals surface area (Å²) in [7, 11) is 0. The fourth-order valence-corrected chi connectivity index (χ4v) is 1.72. The maximum Gasteiger partial charge on any atom is 0.0525 e. The van der Waals surface area contributed by atoms with Crippen molar-refractivity contribution in [2.45, 2.75) is 17.7 Å². The molecule has 0 atom stereocenters. The van der Waals surface area contributed by atoms with Crippen LogP contribution in [0.5, 0.6) is 0 Å². The summed E-state index contributed by atoms with van der Waals surface area (Å²) >= 11 is 4.27. The highest BCUT2D eigenvalue weighted by atomic mass is 32.1. The van der Waals surface area contributed by atoms with Gasteiger partial charge in [-0.2, -0.15) is 0 Å². The van der Waals surface area contributed by atoms with Crippen LogP contribution in [-0.4, -0.2) is 0 Å². The number of fused-ring (bicyclic) bond motifs is 1. The Labute approximate surface area is 77.7 Å². The number of hydrogen-bond donors (Lipinski definition) is 2. The van der Waals surface area contributed by atoms with Gasteiger partial charge in [-0.25, -0.2) is 0 Å². The van der Waals surface area contributed by atoms with Crippen LogP contribution in [0.4, 0.5) is 5.69 Å². The van der Waals surface area contributed by atoms with Crippen LogP contribution in [0.2, 0.25) is 0 Å². The molecule has 0 aliphatic heterocycles. The predicted octanol–water partition coefficient (Wildman–Crippen LogP) is 2.52. The summed E-state index contributed by atoms with van der Waals surface area (Å²) < 4.78 is 0. The Bertz CT molecular complexity index is 342. The lowest BCUT2D eigenvalue weighted by molar-refractivity contribution is 0.983. The summed E-state index contributed by atoms with van der Waals surface area (Å²) in [6, 6.07) is 4.08. The standard InChI is InChI=1S/C10H11NS/c11-10-8-4-2-1-3-7(8)5-6-9(10)12/h2,4-6,12H,1,3,11H2. The molecule has 1 aliphatic carbocycles. The van der Waals surface area contributed by atoms with Crippen molar-refractivity contribution in [2.75, 3.05) is 5.73 Å². The fraction of sp³-hybridized carbons (Fsp3) is 0.200. The van der Waals surface area contributed by atoms with Crippen molar-refractivity contribution in [3.8, 4) is 0 Å². The Hall–Kier alpha value is -0.890. The predicted molar refractivity (Wildman–Crippen MR) is 55.5 cm³/mol. The van der Waals surface area contributed by atoms with Crippen LogP contribution >= 0.6 is 12.6 Å². The average molecular weight is 177 g/mol. The molecule has 12 heavy (non-hydrogen) atoms. The molecular weight excluding hydrogens is 166 g/mol. The lowest BCUT2D eigenvalue weighted by Gasteiger charge is -2.13. The van der Waals surface area contributed by atoms with Crippen LogP contribution in [0.3, 0.4) is 0 Å². The van der Waals surface area contributed by atoms with Crippen molar-refractivity contribution in [3.05, 3.63) is 29.3 Å². The third kappa shape index (κ3) is 1.12. The molecule has 0 saturated heterocycles. The molecule has 0 radical (unpaired) electrons. The van der Waals surface area contributed by atoms with Gasteiger partial charge in [0, 0.05) is 10.5 Å². The van der Waals surface area contributed by atoms with E-state index in [0.29, 0.717) is 0 Å². The van der Waals surface area contributed by atoms with E-state index >= 15 is 0 Å². The molecule has 0 amide bonds. The van der Waals surface area contributed by atoms with Crippen molar-refractivity contribution >= 4 is 24.4 Å². The van der Waals surface area contributed by atoms with E-state index in [1.807, 2.05) is 6.07 Å². The fourth-order valence-electron chi connectivity index (χ4n) is 1.52. The van der Waals surface area contributed by atoms with Crippen molar-refractivity contribution < 1.29 is 0 Å². The molecule has 2 heteroatoms. The van der Waals surface area contributed by atoms with Gasteiger partial charge < -0.3 is 5.73 Å². The molecule has 0 aromatic heterocycles. The van der Waals surface area contributed by atoms with Gasteiger partial charge in [-0.1, -0.05) is 18.2 Å². The number of benzene rings is 1. The number of hydrogen-bond acceptors (Lipinski definition) is 2. The van der Waals surface area contributed by atoms with E-state index in [4.69, 9.17) is 5.73 Å². The van der Waals surface area contributed by atoms with Gasteiger partial charge in [0.15, 0.2) is 0 Å². The van der Waals surface area contributed by atoms with Crippen LogP contribution < -0.4 is 5.73 Å². The minimum Gasteiger partial charge on any atom is -0.397 e. The summed E-state index contributed by atoms with van der Waals surface area (Å²) in [6.45, 7) is 0. The number of nitrogen functional groups attached to an aromatic ring is 1. The van der Waals surface area contributed by atoms with Gasteiger partial charge in [-0.15, -0.1) is 12.6 Å². The number of anilines is 1. The topological polar surface area (TPSA) is 26.0 Å². The Kier molecular flexibility index (Phi) is 1.85. The third-order valence-corrected chi connectivity index (χ3v) is 2.61. The second-order valence-corrected chi connectivity index (χ2v) is 3.49. The van der Waals surface area contributed by atoms with E-state index in [1.165, 1.54) is 5.56 Å². The lowest BCUT2D eigenvalue weighted by atomic mass is 9.96. The lowest BCUT2D eigenvalue weighted by Crippen LogP contribution is -1.99. The Balaban J connectivity index is 2.64. The van der Waals surface area contributed by atoms with Crippen LogP contribution in [0.15, 0.2) is 23.1 Å². The summed E-state index contributed by atoms with van der Waals surface area (Å²) in [4.78, 5) is 0.875. The molecule has 1 aromatic carbocycles. The van der Waals surface area contributed by atoms with Crippen molar-refractivity contribution in [2.24, 2.45) is 0 Å². The van der Waals surface area contributed by atoms with Crippen LogP contribution in [0, 0.1) is 0 Å². The Morgan fingerprint density at radius 3 is 3.00 bits per heavy atom. The zero-order valence-corrected chi connectivity index (χ0v) is 7.64. The first-order valence-corrected chi connectivity index (χ1v) is 4.50.